The molecule has 0 aliphatic rings. The van der Waals surface area contributed by atoms with Crippen molar-refractivity contribution >= 4 is 6.21 Å². The van der Waals surface area contributed by atoms with Crippen LogP contribution in [0.1, 0.15) is 16.7 Å². The Morgan fingerprint density at radius 2 is 1.95 bits per heavy atom. The average Bonchev–Trinajstić information content (AvgIpc) is 2.47. The van der Waals surface area contributed by atoms with E-state index >= 15 is 0 Å². The zero-order valence-electron chi connectivity index (χ0n) is 11.5. The third-order valence-corrected chi connectivity index (χ3v) is 3.04. The predicted octanol–water partition coefficient (Wildman–Crippen LogP) is 3.39. The van der Waals surface area contributed by atoms with Crippen molar-refractivity contribution in [2.75, 3.05) is 7.11 Å². The molecule has 2 rings (SSSR count). The molecule has 0 aliphatic carbocycles. The van der Waals surface area contributed by atoms with E-state index in [1.807, 2.05) is 18.2 Å². The summed E-state index contributed by atoms with van der Waals surface area (Å²) in [7, 11) is 1.58. The molecule has 0 amide bonds. The predicted molar refractivity (Wildman–Crippen MR) is 77.9 cm³/mol. The number of hydrogen-bond acceptors (Lipinski definition) is 4. The minimum atomic E-state index is 0.483. The third-order valence-electron chi connectivity index (χ3n) is 3.04. The topological polar surface area (TPSA) is 51.0 Å². The van der Waals surface area contributed by atoms with E-state index in [2.05, 4.69) is 18.1 Å². The van der Waals surface area contributed by atoms with Gasteiger partial charge in [0.15, 0.2) is 11.5 Å². The molecular formula is C16H17NO3. The van der Waals surface area contributed by atoms with E-state index in [1.54, 1.807) is 25.3 Å². The van der Waals surface area contributed by atoms with Gasteiger partial charge in [0, 0.05) is 5.56 Å². The van der Waals surface area contributed by atoms with E-state index in [1.165, 1.54) is 11.8 Å². The van der Waals surface area contributed by atoms with Gasteiger partial charge < -0.3 is 14.7 Å². The summed E-state index contributed by atoms with van der Waals surface area (Å²) in [5.41, 5.74) is 3.07. The Labute approximate surface area is 118 Å². The Kier molecular flexibility index (Phi) is 4.60. The largest absolute Gasteiger partial charge is 0.493 e. The van der Waals surface area contributed by atoms with Crippen molar-refractivity contribution < 1.29 is 14.7 Å². The molecule has 0 bridgehead atoms. The number of rotatable bonds is 5. The second kappa shape index (κ2) is 6.61. The van der Waals surface area contributed by atoms with Gasteiger partial charge in [-0.1, -0.05) is 29.4 Å². The van der Waals surface area contributed by atoms with Gasteiger partial charge >= 0.3 is 0 Å². The van der Waals surface area contributed by atoms with Crippen LogP contribution in [0.4, 0.5) is 0 Å². The van der Waals surface area contributed by atoms with Crippen LogP contribution in [0.2, 0.25) is 0 Å². The summed E-state index contributed by atoms with van der Waals surface area (Å²) in [6.45, 7) is 2.53. The molecule has 20 heavy (non-hydrogen) atoms. The molecule has 0 saturated carbocycles. The van der Waals surface area contributed by atoms with Crippen molar-refractivity contribution in [3.8, 4) is 11.5 Å². The van der Waals surface area contributed by atoms with E-state index in [9.17, 15) is 0 Å². The number of hydrogen-bond donors (Lipinski definition) is 1. The minimum Gasteiger partial charge on any atom is -0.493 e. The fraction of sp³-hybridized carbons (Fsp3) is 0.188. The van der Waals surface area contributed by atoms with Crippen LogP contribution in [0.25, 0.3) is 0 Å². The molecule has 4 nitrogen and oxygen atoms in total. The number of ether oxygens (including phenoxy) is 2. The molecule has 0 saturated heterocycles. The first kappa shape index (κ1) is 13.9. The van der Waals surface area contributed by atoms with Gasteiger partial charge in [0.05, 0.1) is 13.3 Å². The molecule has 0 radical (unpaired) electrons. The van der Waals surface area contributed by atoms with Crippen LogP contribution in [-0.4, -0.2) is 18.5 Å². The zero-order chi connectivity index (χ0) is 14.4. The highest BCUT2D eigenvalue weighted by atomic mass is 16.5. The number of methoxy groups -OCH3 is 1. The second-order valence-corrected chi connectivity index (χ2v) is 4.37. The van der Waals surface area contributed by atoms with Crippen LogP contribution in [0.5, 0.6) is 11.5 Å². The molecule has 0 aliphatic heterocycles. The Bertz CT molecular complexity index is 608. The summed E-state index contributed by atoms with van der Waals surface area (Å²) >= 11 is 0. The van der Waals surface area contributed by atoms with Crippen LogP contribution in [0.3, 0.4) is 0 Å². The maximum absolute atomic E-state index is 8.53. The second-order valence-electron chi connectivity index (χ2n) is 4.37. The monoisotopic (exact) mass is 271 g/mol. The molecule has 2 aromatic rings. The summed E-state index contributed by atoms with van der Waals surface area (Å²) in [5.74, 6) is 1.27. The van der Waals surface area contributed by atoms with Gasteiger partial charge in [-0.3, -0.25) is 0 Å². The Hall–Kier alpha value is -2.49. The van der Waals surface area contributed by atoms with E-state index in [-0.39, 0.29) is 0 Å². The maximum Gasteiger partial charge on any atom is 0.161 e. The van der Waals surface area contributed by atoms with Gasteiger partial charge in [0.2, 0.25) is 0 Å². The van der Waals surface area contributed by atoms with Crippen LogP contribution in [0.15, 0.2) is 47.6 Å². The lowest BCUT2D eigenvalue weighted by Gasteiger charge is -2.12. The zero-order valence-corrected chi connectivity index (χ0v) is 11.5. The van der Waals surface area contributed by atoms with Gasteiger partial charge in [-0.15, -0.1) is 0 Å². The van der Waals surface area contributed by atoms with Gasteiger partial charge in [0.1, 0.15) is 6.61 Å². The summed E-state index contributed by atoms with van der Waals surface area (Å²) < 4.78 is 11.1. The average molecular weight is 271 g/mol. The van der Waals surface area contributed by atoms with E-state index in [4.69, 9.17) is 14.7 Å². The summed E-state index contributed by atoms with van der Waals surface area (Å²) in [6, 6.07) is 13.4. The molecule has 0 unspecified atom stereocenters. The molecule has 0 atom stereocenters. The lowest BCUT2D eigenvalue weighted by atomic mass is 10.1. The van der Waals surface area contributed by atoms with Crippen molar-refractivity contribution in [3.05, 3.63) is 59.2 Å². The number of aryl methyl sites for hydroxylation is 1. The van der Waals surface area contributed by atoms with Crippen LogP contribution >= 0.6 is 0 Å². The quantitative estimate of drug-likeness (QED) is 0.515. The number of oxime groups is 1. The first-order chi connectivity index (χ1) is 9.74. The highest BCUT2D eigenvalue weighted by molar-refractivity contribution is 5.80. The maximum atomic E-state index is 8.53. The normalized spacial score (nSPS) is 10.7. The van der Waals surface area contributed by atoms with Crippen LogP contribution < -0.4 is 9.47 Å². The lowest BCUT2D eigenvalue weighted by Crippen LogP contribution is -2.00. The fourth-order valence-corrected chi connectivity index (χ4v) is 1.88. The standard InChI is InChI=1S/C16H17NO3/c1-12-5-3-4-6-14(12)11-20-15-8-7-13(10-17-18)9-16(15)19-2/h3-10,18H,11H2,1-2H3. The Morgan fingerprint density at radius 1 is 1.15 bits per heavy atom. The summed E-state index contributed by atoms with van der Waals surface area (Å²) in [6.07, 6.45) is 1.34. The smallest absolute Gasteiger partial charge is 0.161 e. The molecule has 0 aromatic heterocycles. The highest BCUT2D eigenvalue weighted by Gasteiger charge is 2.06. The molecule has 104 valence electrons. The first-order valence-corrected chi connectivity index (χ1v) is 6.27. The lowest BCUT2D eigenvalue weighted by molar-refractivity contribution is 0.284. The highest BCUT2D eigenvalue weighted by Crippen LogP contribution is 2.28. The molecular weight excluding hydrogens is 254 g/mol. The fourth-order valence-electron chi connectivity index (χ4n) is 1.88. The van der Waals surface area contributed by atoms with Crippen molar-refractivity contribution in [2.45, 2.75) is 13.5 Å². The molecule has 2 aromatic carbocycles. The molecule has 1 N–H and O–H groups in total. The van der Waals surface area contributed by atoms with Crippen molar-refractivity contribution in [2.24, 2.45) is 5.16 Å². The van der Waals surface area contributed by atoms with Crippen LogP contribution in [-0.2, 0) is 6.61 Å². The van der Waals surface area contributed by atoms with E-state index < -0.39 is 0 Å². The van der Waals surface area contributed by atoms with Gasteiger partial charge in [-0.2, -0.15) is 0 Å². The summed E-state index contributed by atoms with van der Waals surface area (Å²) in [4.78, 5) is 0. The van der Waals surface area contributed by atoms with Gasteiger partial charge in [-0.25, -0.2) is 0 Å². The minimum absolute atomic E-state index is 0.483. The van der Waals surface area contributed by atoms with E-state index in [0.29, 0.717) is 18.1 Å². The van der Waals surface area contributed by atoms with Crippen molar-refractivity contribution in [1.29, 1.82) is 0 Å². The van der Waals surface area contributed by atoms with Gasteiger partial charge in [-0.05, 0) is 36.2 Å². The van der Waals surface area contributed by atoms with Crippen molar-refractivity contribution in [3.63, 3.8) is 0 Å². The van der Waals surface area contributed by atoms with Gasteiger partial charge in [0.25, 0.3) is 0 Å². The first-order valence-electron chi connectivity index (χ1n) is 6.27. The SMILES string of the molecule is COc1cc(C=NO)ccc1OCc1ccccc1C. The molecule has 4 heteroatoms. The van der Waals surface area contributed by atoms with E-state index in [0.717, 1.165) is 11.1 Å². The summed E-state index contributed by atoms with van der Waals surface area (Å²) in [5, 5.41) is 11.5. The molecule has 0 spiro atoms. The number of benzene rings is 2. The molecule has 0 fully saturated rings. The van der Waals surface area contributed by atoms with Crippen molar-refractivity contribution in [1.82, 2.24) is 0 Å². The Morgan fingerprint density at radius 3 is 2.65 bits per heavy atom. The molecule has 0 heterocycles. The van der Waals surface area contributed by atoms with Crippen LogP contribution in [0, 0.1) is 6.92 Å². The Balaban J connectivity index is 2.15. The third kappa shape index (κ3) is 3.29. The number of nitrogens with zero attached hydrogens (tertiary/aromatic N) is 1.